The van der Waals surface area contributed by atoms with Crippen LogP contribution in [0, 0.1) is 0 Å². The Morgan fingerprint density at radius 3 is 1.97 bits per heavy atom. The van der Waals surface area contributed by atoms with Gasteiger partial charge in [-0.05, 0) is 6.07 Å². The van der Waals surface area contributed by atoms with Crippen LogP contribution >= 0.6 is 0 Å². The van der Waals surface area contributed by atoms with Crippen LogP contribution in [0.1, 0.15) is 21.7 Å². The molecule has 2 aromatic heterocycles. The number of aryl methyl sites for hydroxylation is 1. The number of carbonyl (C=O) groups excluding carboxylic acids is 1. The second-order valence-electron chi connectivity index (χ2n) is 7.47. The van der Waals surface area contributed by atoms with Crippen molar-refractivity contribution < 1.29 is 44.4 Å². The summed E-state index contributed by atoms with van der Waals surface area (Å²) in [5, 5.41) is 32.3. The van der Waals surface area contributed by atoms with Crippen LogP contribution in [0.2, 0.25) is 0 Å². The number of imidazole rings is 1. The molecule has 1 aliphatic rings. The van der Waals surface area contributed by atoms with Gasteiger partial charge in [-0.2, -0.15) is 0 Å². The Bertz CT molecular complexity index is 1290. The molecule has 0 saturated carbocycles. The molecule has 37 heavy (non-hydrogen) atoms. The summed E-state index contributed by atoms with van der Waals surface area (Å²) in [4.78, 5) is 60.0. The molecule has 0 radical (unpaired) electrons. The summed E-state index contributed by atoms with van der Waals surface area (Å²) in [5.74, 6) is -4.91. The van der Waals surface area contributed by atoms with E-state index in [9.17, 15) is 24.0 Å². The second-order valence-corrected chi connectivity index (χ2v) is 7.47. The first-order valence-corrected chi connectivity index (χ1v) is 10.6. The number of carbonyl (C=O) groups is 5. The minimum atomic E-state index is -1.26. The molecule has 1 amide bonds. The van der Waals surface area contributed by atoms with Crippen molar-refractivity contribution in [2.24, 2.45) is 7.05 Å². The maximum atomic E-state index is 12.8. The molecule has 3 aromatic rings. The van der Waals surface area contributed by atoms with Crippen molar-refractivity contribution in [3.8, 4) is 0 Å². The Kier molecular flexibility index (Phi) is 9.88. The molecule has 0 unspecified atom stereocenters. The lowest BCUT2D eigenvalue weighted by Gasteiger charge is -2.27. The lowest BCUT2D eigenvalue weighted by Crippen LogP contribution is -2.37. The Hall–Kier alpha value is -5.20. The van der Waals surface area contributed by atoms with Gasteiger partial charge in [-0.15, -0.1) is 0 Å². The first-order chi connectivity index (χ1) is 17.5. The number of carboxylic acid groups (broad SMARTS) is 4. The van der Waals surface area contributed by atoms with Crippen LogP contribution in [0.4, 0.5) is 0 Å². The van der Waals surface area contributed by atoms with Gasteiger partial charge < -0.3 is 34.9 Å². The summed E-state index contributed by atoms with van der Waals surface area (Å²) in [5.41, 5.74) is 4.09. The van der Waals surface area contributed by atoms with E-state index in [2.05, 4.69) is 20.6 Å². The zero-order valence-corrected chi connectivity index (χ0v) is 19.6. The molecule has 1 aliphatic heterocycles. The van der Waals surface area contributed by atoms with Crippen molar-refractivity contribution in [2.45, 2.75) is 13.0 Å². The predicted molar refractivity (Wildman–Crippen MR) is 129 cm³/mol. The van der Waals surface area contributed by atoms with E-state index in [1.165, 1.54) is 0 Å². The van der Waals surface area contributed by atoms with Gasteiger partial charge in [0.2, 0.25) is 0 Å². The number of aromatic amines is 1. The van der Waals surface area contributed by atoms with Crippen LogP contribution in [0.15, 0.2) is 61.1 Å². The number of rotatable bonds is 6. The minimum absolute atomic E-state index is 0.114. The van der Waals surface area contributed by atoms with Crippen molar-refractivity contribution in [1.82, 2.24) is 19.4 Å². The lowest BCUT2D eigenvalue weighted by atomic mass is 10.0. The van der Waals surface area contributed by atoms with E-state index in [0.717, 1.165) is 40.8 Å². The predicted octanol–water partition coefficient (Wildman–Crippen LogP) is 1.52. The number of nitrogens with one attached hydrogen (secondary N) is 1. The van der Waals surface area contributed by atoms with Gasteiger partial charge >= 0.3 is 23.9 Å². The maximum Gasteiger partial charge on any atom is 0.328 e. The van der Waals surface area contributed by atoms with E-state index in [-0.39, 0.29) is 5.91 Å². The molecule has 0 aliphatic carbocycles. The molecule has 4 rings (SSSR count). The zero-order valence-electron chi connectivity index (χ0n) is 19.6. The Labute approximate surface area is 209 Å². The Balaban J connectivity index is 0.000000251. The van der Waals surface area contributed by atoms with Crippen LogP contribution in [0.5, 0.6) is 0 Å². The number of amides is 1. The number of benzene rings is 1. The minimum Gasteiger partial charge on any atom is -0.478 e. The third-order valence-electron chi connectivity index (χ3n) is 5.00. The molecule has 0 bridgehead atoms. The fourth-order valence-corrected chi connectivity index (χ4v) is 3.49. The molecule has 0 atom stereocenters. The highest BCUT2D eigenvalue weighted by molar-refractivity contribution is 6.09. The van der Waals surface area contributed by atoms with Crippen molar-refractivity contribution in [3.63, 3.8) is 0 Å². The van der Waals surface area contributed by atoms with Crippen LogP contribution in [-0.2, 0) is 39.2 Å². The van der Waals surface area contributed by atoms with Crippen molar-refractivity contribution >= 4 is 40.7 Å². The van der Waals surface area contributed by atoms with Crippen molar-refractivity contribution in [3.05, 3.63) is 78.0 Å². The molecule has 0 spiro atoms. The molecule has 194 valence electrons. The Morgan fingerprint density at radius 1 is 0.946 bits per heavy atom. The molecule has 3 heterocycles. The number of carboxylic acids is 4. The van der Waals surface area contributed by atoms with E-state index < -0.39 is 23.9 Å². The molecule has 0 saturated heterocycles. The number of hydrogen-bond donors (Lipinski definition) is 5. The lowest BCUT2D eigenvalue weighted by molar-refractivity contribution is -0.134. The highest BCUT2D eigenvalue weighted by Crippen LogP contribution is 2.30. The summed E-state index contributed by atoms with van der Waals surface area (Å²) in [7, 11) is 2.04. The van der Waals surface area contributed by atoms with E-state index in [0.29, 0.717) is 30.8 Å². The van der Waals surface area contributed by atoms with Crippen LogP contribution in [0.25, 0.3) is 10.9 Å². The van der Waals surface area contributed by atoms with Gasteiger partial charge in [0.25, 0.3) is 5.91 Å². The zero-order chi connectivity index (χ0) is 27.5. The summed E-state index contributed by atoms with van der Waals surface area (Å²) in [6, 6.07) is 8.11. The first kappa shape index (κ1) is 28.0. The smallest absolute Gasteiger partial charge is 0.328 e. The molecule has 13 nitrogen and oxygen atoms in total. The summed E-state index contributed by atoms with van der Waals surface area (Å²) in [6.45, 7) is 1.33. The number of para-hydroxylation sites is 1. The SMILES string of the molecule is Cn1c2c(c3ccccc31)C(=O)N(Cc1cnc[nH]1)CC2.O=C(O)C=CC(=O)O.O=C(O)C=CC(=O)O. The molecule has 1 aromatic carbocycles. The van der Waals surface area contributed by atoms with Crippen LogP contribution in [0.3, 0.4) is 0 Å². The van der Waals surface area contributed by atoms with Gasteiger partial charge in [0, 0.05) is 67.1 Å². The van der Waals surface area contributed by atoms with Gasteiger partial charge in [-0.3, -0.25) is 4.79 Å². The van der Waals surface area contributed by atoms with Gasteiger partial charge in [0.05, 0.1) is 24.1 Å². The summed E-state index contributed by atoms with van der Waals surface area (Å²) in [6.07, 6.45) is 6.54. The third-order valence-corrected chi connectivity index (χ3v) is 5.00. The van der Waals surface area contributed by atoms with Gasteiger partial charge in [0.1, 0.15) is 0 Å². The van der Waals surface area contributed by atoms with E-state index in [4.69, 9.17) is 20.4 Å². The molecule has 5 N–H and O–H groups in total. The monoisotopic (exact) mass is 512 g/mol. The molecular weight excluding hydrogens is 488 g/mol. The van der Waals surface area contributed by atoms with Gasteiger partial charge in [-0.25, -0.2) is 24.2 Å². The number of fused-ring (bicyclic) bond motifs is 3. The molecule has 0 fully saturated rings. The molecular formula is C24H24N4O9. The standard InChI is InChI=1S/C16H16N4O.2C4H4O4/c1-19-13-5-3-2-4-12(13)15-14(19)6-7-20(16(15)21)9-11-8-17-10-18-11;2*5-3(6)1-2-4(7)8/h2-5,8,10H,6-7,9H2,1H3,(H,17,18);2*1-2H,(H,5,6)(H,7,8). The summed E-state index contributed by atoms with van der Waals surface area (Å²) >= 11 is 0. The average Bonchev–Trinajstić information content (AvgIpc) is 3.46. The van der Waals surface area contributed by atoms with Crippen LogP contribution in [-0.4, -0.2) is 76.2 Å². The largest absolute Gasteiger partial charge is 0.478 e. The fraction of sp³-hybridized carbons (Fsp3) is 0.167. The number of aromatic nitrogens is 3. The Morgan fingerprint density at radius 2 is 1.49 bits per heavy atom. The van der Waals surface area contributed by atoms with Crippen molar-refractivity contribution in [1.29, 1.82) is 0 Å². The first-order valence-electron chi connectivity index (χ1n) is 10.6. The van der Waals surface area contributed by atoms with Gasteiger partial charge in [0.15, 0.2) is 0 Å². The van der Waals surface area contributed by atoms with E-state index in [1.807, 2.05) is 30.1 Å². The quantitative estimate of drug-likeness (QED) is 0.301. The summed E-state index contributed by atoms with van der Waals surface area (Å²) < 4.78 is 2.15. The second kappa shape index (κ2) is 13.0. The van der Waals surface area contributed by atoms with E-state index in [1.54, 1.807) is 12.5 Å². The number of nitrogens with zero attached hydrogens (tertiary/aromatic N) is 3. The number of aliphatic carboxylic acids is 4. The normalized spacial score (nSPS) is 12.5. The maximum absolute atomic E-state index is 12.8. The topological polar surface area (TPSA) is 203 Å². The van der Waals surface area contributed by atoms with E-state index >= 15 is 0 Å². The average molecular weight is 512 g/mol. The van der Waals surface area contributed by atoms with Crippen molar-refractivity contribution in [2.75, 3.05) is 6.54 Å². The highest BCUT2D eigenvalue weighted by atomic mass is 16.4. The highest BCUT2D eigenvalue weighted by Gasteiger charge is 2.29. The van der Waals surface area contributed by atoms with Crippen LogP contribution < -0.4 is 0 Å². The van der Waals surface area contributed by atoms with Gasteiger partial charge in [-0.1, -0.05) is 18.2 Å². The third kappa shape index (κ3) is 8.20. The molecule has 13 heteroatoms. The number of H-pyrrole nitrogens is 1. The number of hydrogen-bond acceptors (Lipinski definition) is 6. The fourth-order valence-electron chi connectivity index (χ4n) is 3.49.